The molecule has 5 heteroatoms. The lowest BCUT2D eigenvalue weighted by molar-refractivity contribution is -0.112. The Labute approximate surface area is 152 Å². The number of ether oxygens (including phenoxy) is 1. The smallest absolute Gasteiger partial charge is 0.266 e. The van der Waals surface area contributed by atoms with Crippen molar-refractivity contribution in [2.75, 3.05) is 11.9 Å². The first-order chi connectivity index (χ1) is 12.6. The zero-order valence-corrected chi connectivity index (χ0v) is 14.7. The van der Waals surface area contributed by atoms with Crippen LogP contribution in [0.5, 0.6) is 5.75 Å². The number of nitrogens with zero attached hydrogens (tertiary/aromatic N) is 1. The predicted molar refractivity (Wildman–Crippen MR) is 100 cm³/mol. The molecule has 0 bridgehead atoms. The number of amides is 1. The van der Waals surface area contributed by atoms with Crippen LogP contribution < -0.4 is 10.1 Å². The van der Waals surface area contributed by atoms with Crippen LogP contribution in [0, 0.1) is 17.1 Å². The van der Waals surface area contributed by atoms with E-state index in [2.05, 4.69) is 12.2 Å². The maximum absolute atomic E-state index is 13.6. The van der Waals surface area contributed by atoms with Crippen molar-refractivity contribution in [3.63, 3.8) is 0 Å². The molecule has 2 aromatic rings. The van der Waals surface area contributed by atoms with E-state index in [1.165, 1.54) is 24.3 Å². The molecule has 0 heterocycles. The van der Waals surface area contributed by atoms with Gasteiger partial charge in [-0.05, 0) is 42.3 Å². The number of nitrogens with one attached hydrogen (secondary N) is 1. The zero-order chi connectivity index (χ0) is 18.8. The Morgan fingerprint density at radius 3 is 2.58 bits per heavy atom. The number of halogens is 1. The Morgan fingerprint density at radius 2 is 1.92 bits per heavy atom. The third kappa shape index (κ3) is 5.75. The normalized spacial score (nSPS) is 10.9. The molecule has 134 valence electrons. The second-order valence-corrected chi connectivity index (χ2v) is 5.73. The van der Waals surface area contributed by atoms with Gasteiger partial charge in [-0.3, -0.25) is 4.79 Å². The van der Waals surface area contributed by atoms with Gasteiger partial charge in [0.15, 0.2) is 0 Å². The second kappa shape index (κ2) is 10.00. The molecule has 26 heavy (non-hydrogen) atoms. The van der Waals surface area contributed by atoms with Gasteiger partial charge in [-0.25, -0.2) is 4.39 Å². The first-order valence-electron chi connectivity index (χ1n) is 8.54. The van der Waals surface area contributed by atoms with Crippen molar-refractivity contribution in [2.45, 2.75) is 26.2 Å². The Balaban J connectivity index is 2.02. The molecule has 0 unspecified atom stereocenters. The summed E-state index contributed by atoms with van der Waals surface area (Å²) < 4.78 is 19.2. The SMILES string of the molecule is CCCCCOc1ccc(/C=C(\C#N)C(=O)Nc2ccccc2F)cc1. The minimum Gasteiger partial charge on any atom is -0.494 e. The van der Waals surface area contributed by atoms with Gasteiger partial charge in [0.05, 0.1) is 12.3 Å². The zero-order valence-electron chi connectivity index (χ0n) is 14.7. The lowest BCUT2D eigenvalue weighted by atomic mass is 10.1. The van der Waals surface area contributed by atoms with E-state index in [0.717, 1.165) is 25.0 Å². The molecule has 0 aliphatic rings. The quantitative estimate of drug-likeness (QED) is 0.416. The topological polar surface area (TPSA) is 62.1 Å². The van der Waals surface area contributed by atoms with E-state index in [1.54, 1.807) is 30.3 Å². The van der Waals surface area contributed by atoms with Crippen LogP contribution in [-0.4, -0.2) is 12.5 Å². The van der Waals surface area contributed by atoms with Crippen molar-refractivity contribution >= 4 is 17.7 Å². The number of benzene rings is 2. The van der Waals surface area contributed by atoms with Gasteiger partial charge < -0.3 is 10.1 Å². The van der Waals surface area contributed by atoms with Crippen molar-refractivity contribution in [2.24, 2.45) is 0 Å². The number of para-hydroxylation sites is 1. The number of rotatable bonds is 8. The minimum atomic E-state index is -0.655. The van der Waals surface area contributed by atoms with Crippen LogP contribution in [0.3, 0.4) is 0 Å². The Bertz CT molecular complexity index is 808. The first kappa shape index (κ1) is 19.2. The molecule has 2 rings (SSSR count). The van der Waals surface area contributed by atoms with E-state index >= 15 is 0 Å². The number of hydrogen-bond donors (Lipinski definition) is 1. The molecule has 0 spiro atoms. The standard InChI is InChI=1S/C21H21FN2O2/c1-2-3-6-13-26-18-11-9-16(10-12-18)14-17(15-23)21(25)24-20-8-5-4-7-19(20)22/h4-5,7-12,14H,2-3,6,13H2,1H3,(H,24,25)/b17-14+. The maximum atomic E-state index is 13.6. The highest BCUT2D eigenvalue weighted by Crippen LogP contribution is 2.17. The van der Waals surface area contributed by atoms with E-state index in [0.29, 0.717) is 12.2 Å². The Kier molecular flexibility index (Phi) is 7.38. The number of carbonyl (C=O) groups excluding carboxylic acids is 1. The first-order valence-corrected chi connectivity index (χ1v) is 8.54. The van der Waals surface area contributed by atoms with E-state index in [-0.39, 0.29) is 11.3 Å². The highest BCUT2D eigenvalue weighted by Gasteiger charge is 2.11. The van der Waals surface area contributed by atoms with Crippen LogP contribution in [0.2, 0.25) is 0 Å². The van der Waals surface area contributed by atoms with E-state index in [1.807, 2.05) is 6.07 Å². The lowest BCUT2D eigenvalue weighted by Crippen LogP contribution is -2.14. The van der Waals surface area contributed by atoms with Crippen molar-refractivity contribution in [3.05, 3.63) is 65.5 Å². The van der Waals surface area contributed by atoms with Crippen molar-refractivity contribution in [3.8, 4) is 11.8 Å². The summed E-state index contributed by atoms with van der Waals surface area (Å²) in [5.41, 5.74) is 0.616. The molecule has 0 fully saturated rings. The fourth-order valence-electron chi connectivity index (χ4n) is 2.27. The number of carbonyl (C=O) groups is 1. The molecular formula is C21H21FN2O2. The number of anilines is 1. The molecule has 0 saturated carbocycles. The molecule has 0 aliphatic carbocycles. The number of hydrogen-bond acceptors (Lipinski definition) is 3. The van der Waals surface area contributed by atoms with E-state index < -0.39 is 11.7 Å². The summed E-state index contributed by atoms with van der Waals surface area (Å²) in [5.74, 6) is -0.465. The largest absolute Gasteiger partial charge is 0.494 e. The average Bonchev–Trinajstić information content (AvgIpc) is 2.66. The Morgan fingerprint density at radius 1 is 1.19 bits per heavy atom. The van der Waals surface area contributed by atoms with Gasteiger partial charge in [-0.1, -0.05) is 44.0 Å². The molecule has 0 aromatic heterocycles. The second-order valence-electron chi connectivity index (χ2n) is 5.73. The fraction of sp³-hybridized carbons (Fsp3) is 0.238. The molecule has 0 aliphatic heterocycles. The average molecular weight is 352 g/mol. The molecule has 1 amide bonds. The number of unbranched alkanes of at least 4 members (excludes halogenated alkanes) is 2. The fourth-order valence-corrected chi connectivity index (χ4v) is 2.27. The van der Waals surface area contributed by atoms with Crippen LogP contribution in [0.15, 0.2) is 54.1 Å². The van der Waals surface area contributed by atoms with Crippen molar-refractivity contribution < 1.29 is 13.9 Å². The molecule has 0 atom stereocenters. The summed E-state index contributed by atoms with van der Waals surface area (Å²) in [4.78, 5) is 12.2. The van der Waals surface area contributed by atoms with Crippen LogP contribution in [0.1, 0.15) is 31.7 Å². The van der Waals surface area contributed by atoms with Gasteiger partial charge in [0.25, 0.3) is 5.91 Å². The summed E-state index contributed by atoms with van der Waals surface area (Å²) in [6.45, 7) is 2.80. The molecule has 2 aromatic carbocycles. The van der Waals surface area contributed by atoms with Gasteiger partial charge in [-0.2, -0.15) is 5.26 Å². The predicted octanol–water partition coefficient (Wildman–Crippen LogP) is 4.94. The van der Waals surface area contributed by atoms with Gasteiger partial charge in [0.1, 0.15) is 23.2 Å². The van der Waals surface area contributed by atoms with Crippen LogP contribution in [0.4, 0.5) is 10.1 Å². The van der Waals surface area contributed by atoms with Gasteiger partial charge in [0.2, 0.25) is 0 Å². The van der Waals surface area contributed by atoms with E-state index in [4.69, 9.17) is 4.74 Å². The van der Waals surface area contributed by atoms with Crippen molar-refractivity contribution in [1.82, 2.24) is 0 Å². The molecule has 0 radical (unpaired) electrons. The highest BCUT2D eigenvalue weighted by molar-refractivity contribution is 6.09. The molecule has 1 N–H and O–H groups in total. The monoisotopic (exact) mass is 352 g/mol. The lowest BCUT2D eigenvalue weighted by Gasteiger charge is -2.07. The van der Waals surface area contributed by atoms with Crippen LogP contribution in [-0.2, 0) is 4.79 Å². The third-order valence-corrected chi connectivity index (χ3v) is 3.69. The van der Waals surface area contributed by atoms with Gasteiger partial charge in [-0.15, -0.1) is 0 Å². The van der Waals surface area contributed by atoms with Crippen LogP contribution >= 0.6 is 0 Å². The van der Waals surface area contributed by atoms with Crippen molar-refractivity contribution in [1.29, 1.82) is 5.26 Å². The summed E-state index contributed by atoms with van der Waals surface area (Å²) >= 11 is 0. The summed E-state index contributed by atoms with van der Waals surface area (Å²) in [6.07, 6.45) is 4.73. The molecule has 4 nitrogen and oxygen atoms in total. The molecule has 0 saturated heterocycles. The maximum Gasteiger partial charge on any atom is 0.266 e. The third-order valence-electron chi connectivity index (χ3n) is 3.69. The minimum absolute atomic E-state index is 0.0366. The Hall–Kier alpha value is -3.13. The van der Waals surface area contributed by atoms with Crippen LogP contribution in [0.25, 0.3) is 6.08 Å². The van der Waals surface area contributed by atoms with E-state index in [9.17, 15) is 14.4 Å². The van der Waals surface area contributed by atoms with Gasteiger partial charge in [0, 0.05) is 0 Å². The summed E-state index contributed by atoms with van der Waals surface area (Å²) in [7, 11) is 0. The number of nitriles is 1. The van der Waals surface area contributed by atoms with Gasteiger partial charge >= 0.3 is 0 Å². The highest BCUT2D eigenvalue weighted by atomic mass is 19.1. The summed E-state index contributed by atoms with van der Waals surface area (Å²) in [6, 6.07) is 14.8. The molecular weight excluding hydrogens is 331 g/mol. The summed E-state index contributed by atoms with van der Waals surface area (Å²) in [5, 5.41) is 11.6.